The Kier molecular flexibility index (Phi) is 7.03. The van der Waals surface area contributed by atoms with E-state index in [0.717, 1.165) is 0 Å². The van der Waals surface area contributed by atoms with Gasteiger partial charge >= 0.3 is 15.6 Å². The van der Waals surface area contributed by atoms with Crippen LogP contribution in [-0.4, -0.2) is 98.2 Å². The van der Waals surface area contributed by atoms with Crippen molar-refractivity contribution in [1.82, 2.24) is 39.0 Å². The lowest BCUT2D eigenvalue weighted by Gasteiger charge is -2.29. The summed E-state index contributed by atoms with van der Waals surface area (Å²) in [7, 11) is -10.1. The molecule has 23 heteroatoms. The van der Waals surface area contributed by atoms with E-state index in [4.69, 9.17) is 28.6 Å². The third-order valence-electron chi connectivity index (χ3n) is 9.41. The van der Waals surface area contributed by atoms with E-state index in [1.165, 1.54) is 35.0 Å². The maximum absolute atomic E-state index is 16.3. The molecule has 4 fully saturated rings. The first kappa shape index (κ1) is 31.1. The highest BCUT2D eigenvalue weighted by molar-refractivity contribution is 7.47. The third-order valence-corrected chi connectivity index (χ3v) is 11.3. The van der Waals surface area contributed by atoms with Gasteiger partial charge in [0.2, 0.25) is 0 Å². The van der Waals surface area contributed by atoms with Gasteiger partial charge in [-0.05, 0) is 19.3 Å². The minimum atomic E-state index is -5.05. The zero-order valence-electron chi connectivity index (χ0n) is 24.3. The zero-order valence-corrected chi connectivity index (χ0v) is 26.1. The van der Waals surface area contributed by atoms with Gasteiger partial charge in [-0.1, -0.05) is 0 Å². The summed E-state index contributed by atoms with van der Waals surface area (Å²) in [5.74, 6) is -1.44. The van der Waals surface area contributed by atoms with E-state index in [2.05, 4.69) is 29.9 Å². The summed E-state index contributed by atoms with van der Waals surface area (Å²) >= 11 is 0. The van der Waals surface area contributed by atoms with Crippen LogP contribution in [0.2, 0.25) is 0 Å². The molecule has 4 aliphatic rings. The number of aromatic nitrogens is 8. The lowest BCUT2D eigenvalue weighted by molar-refractivity contribution is -0.0604. The number of aryl methyl sites for hydroxylation is 1. The Hall–Kier alpha value is -3.23. The van der Waals surface area contributed by atoms with Gasteiger partial charge in [-0.2, -0.15) is 0 Å². The number of halogens is 1. The number of anilines is 1. The number of aliphatic hydroxyl groups excluding tert-OH is 1. The Morgan fingerprint density at radius 2 is 1.83 bits per heavy atom. The first-order valence-electron chi connectivity index (χ1n) is 14.4. The van der Waals surface area contributed by atoms with Crippen molar-refractivity contribution in [1.29, 1.82) is 0 Å². The number of hydrogen-bond acceptors (Lipinski definition) is 15. The number of ether oxygens (including phenoxy) is 1. The molecule has 2 bridgehead atoms. The molecule has 2 aliphatic heterocycles. The zero-order chi connectivity index (χ0) is 33.0. The van der Waals surface area contributed by atoms with Gasteiger partial charge in [0.1, 0.15) is 36.0 Å². The van der Waals surface area contributed by atoms with E-state index in [0.29, 0.717) is 0 Å². The highest BCUT2D eigenvalue weighted by atomic mass is 31.2. The number of nitrogen functional groups attached to an aromatic ring is 1. The lowest BCUT2D eigenvalue weighted by Crippen LogP contribution is -2.35. The molecular formula is C24H28FN9O11P2. The number of fused-ring (bicyclic) bond motifs is 4. The average Bonchev–Trinajstić information content (AvgIpc) is 3.30. The quantitative estimate of drug-likeness (QED) is 0.180. The molecule has 2 saturated heterocycles. The largest absolute Gasteiger partial charge is 0.472 e. The van der Waals surface area contributed by atoms with E-state index in [9.17, 15) is 28.8 Å². The molecule has 6 N–H and O–H groups in total. The molecule has 11 atom stereocenters. The summed E-state index contributed by atoms with van der Waals surface area (Å²) in [6.07, 6.45) is -3.71. The molecule has 6 heterocycles. The number of nitrogens with zero attached hydrogens (tertiary/aromatic N) is 7. The third kappa shape index (κ3) is 4.87. The van der Waals surface area contributed by atoms with Crippen molar-refractivity contribution >= 4 is 43.8 Å². The second-order valence-corrected chi connectivity index (χ2v) is 14.9. The molecular weight excluding hydrogens is 671 g/mol. The van der Waals surface area contributed by atoms with Gasteiger partial charge in [0, 0.05) is 11.3 Å². The maximum Gasteiger partial charge on any atom is 0.472 e. The van der Waals surface area contributed by atoms with Crippen molar-refractivity contribution in [3.63, 3.8) is 0 Å². The van der Waals surface area contributed by atoms with Crippen LogP contribution in [0.1, 0.15) is 24.5 Å². The number of nitrogens with one attached hydrogen (secondary N) is 1. The number of alkyl halides is 1. The second-order valence-electron chi connectivity index (χ2n) is 12.1. The number of nitrogens with two attached hydrogens (primary N) is 1. The summed E-state index contributed by atoms with van der Waals surface area (Å²) in [6.45, 7) is -0.459. The van der Waals surface area contributed by atoms with Crippen LogP contribution in [0.3, 0.4) is 0 Å². The number of aliphatic hydroxyl groups is 1. The van der Waals surface area contributed by atoms with E-state index >= 15 is 4.39 Å². The Bertz CT molecular complexity index is 2060. The molecule has 2 aliphatic carbocycles. The van der Waals surface area contributed by atoms with Crippen molar-refractivity contribution in [3.8, 4) is 0 Å². The molecule has 47 heavy (non-hydrogen) atoms. The Morgan fingerprint density at radius 1 is 1.09 bits per heavy atom. The predicted octanol–water partition coefficient (Wildman–Crippen LogP) is 0.273. The van der Waals surface area contributed by atoms with Gasteiger partial charge in [0.15, 0.2) is 28.9 Å². The van der Waals surface area contributed by atoms with Crippen LogP contribution >= 0.6 is 15.6 Å². The van der Waals surface area contributed by atoms with Crippen LogP contribution in [0.4, 0.5) is 10.2 Å². The molecule has 3 unspecified atom stereocenters. The topological polar surface area (TPSA) is 274 Å². The average molecular weight is 699 g/mol. The molecule has 252 valence electrons. The summed E-state index contributed by atoms with van der Waals surface area (Å²) < 4.78 is 73.8. The van der Waals surface area contributed by atoms with Crippen molar-refractivity contribution in [2.75, 3.05) is 25.6 Å². The number of imidazole rings is 2. The smallest absolute Gasteiger partial charge is 0.396 e. The van der Waals surface area contributed by atoms with Crippen LogP contribution in [-0.2, 0) is 32.0 Å². The first-order chi connectivity index (χ1) is 22.3. The Balaban J connectivity index is 1.15. The number of aromatic amines is 1. The van der Waals surface area contributed by atoms with Gasteiger partial charge < -0.3 is 34.9 Å². The Labute approximate surface area is 262 Å². The van der Waals surface area contributed by atoms with E-state index in [1.807, 2.05) is 0 Å². The molecule has 4 aromatic heterocycles. The second kappa shape index (κ2) is 10.6. The number of phosphoric acid groups is 2. The summed E-state index contributed by atoms with van der Waals surface area (Å²) in [5, 5.41) is 10.3. The summed E-state index contributed by atoms with van der Waals surface area (Å²) in [6, 6.07) is -1.04. The fourth-order valence-electron chi connectivity index (χ4n) is 7.17. The van der Waals surface area contributed by atoms with E-state index < -0.39 is 95.0 Å². The molecule has 8 rings (SSSR count). The standard InChI is InChI=1S/C24H28FN9O11P2/c1-9-31-21-15(22(36)32-9)30-8-34(21)23-17-10(3-35)12(43-23)4-41-46(37,38)45-18-13(25)16(11-2-24(11,18)5-42-47(39,40)44-17)33-7-29-14-19(26)27-6-28-20(14)33/h6-8,10-13,16-18,23,35H,2-5H2,1H3,(H,37,38)(H,39,40)(H2,26,27,28)(H,31,32,36)/t10-,11-,12-,13-,16-,17-,18+,23-,24?/m1/s1. The molecule has 4 aromatic rings. The van der Waals surface area contributed by atoms with Crippen LogP contribution in [0, 0.1) is 24.2 Å². The highest BCUT2D eigenvalue weighted by Gasteiger charge is 2.75. The highest BCUT2D eigenvalue weighted by Crippen LogP contribution is 2.72. The minimum absolute atomic E-state index is 0.0432. The van der Waals surface area contributed by atoms with Crippen molar-refractivity contribution in [3.05, 3.63) is 35.2 Å². The first-order valence-corrected chi connectivity index (χ1v) is 17.4. The van der Waals surface area contributed by atoms with Gasteiger partial charge in [0.25, 0.3) is 5.56 Å². The van der Waals surface area contributed by atoms with Gasteiger partial charge in [-0.3, -0.25) is 27.5 Å². The molecule has 0 aromatic carbocycles. The number of H-pyrrole nitrogens is 1. The van der Waals surface area contributed by atoms with Gasteiger partial charge in [-0.25, -0.2) is 38.4 Å². The molecule has 2 saturated carbocycles. The van der Waals surface area contributed by atoms with Gasteiger partial charge in [0.05, 0.1) is 44.6 Å². The number of phosphoric ester groups is 2. The van der Waals surface area contributed by atoms with Crippen molar-refractivity contribution in [2.24, 2.45) is 17.3 Å². The van der Waals surface area contributed by atoms with Crippen molar-refractivity contribution in [2.45, 2.75) is 50.1 Å². The van der Waals surface area contributed by atoms with E-state index in [1.54, 1.807) is 0 Å². The summed E-state index contributed by atoms with van der Waals surface area (Å²) in [4.78, 5) is 57.4. The van der Waals surface area contributed by atoms with Gasteiger partial charge in [-0.15, -0.1) is 0 Å². The minimum Gasteiger partial charge on any atom is -0.396 e. The van der Waals surface area contributed by atoms with Crippen molar-refractivity contribution < 1.29 is 51.2 Å². The fourth-order valence-corrected chi connectivity index (χ4v) is 9.21. The van der Waals surface area contributed by atoms with Crippen LogP contribution in [0.25, 0.3) is 22.3 Å². The molecule has 0 radical (unpaired) electrons. The molecule has 0 amide bonds. The lowest BCUT2D eigenvalue weighted by atomic mass is 9.99. The molecule has 20 nitrogen and oxygen atoms in total. The van der Waals surface area contributed by atoms with E-state index in [-0.39, 0.29) is 40.4 Å². The van der Waals surface area contributed by atoms with Crippen LogP contribution in [0.15, 0.2) is 23.8 Å². The fraction of sp³-hybridized carbons (Fsp3) is 0.583. The maximum atomic E-state index is 16.3. The molecule has 1 spiro atoms. The van der Waals surface area contributed by atoms with Crippen LogP contribution in [0.5, 0.6) is 0 Å². The number of hydrogen-bond donors (Lipinski definition) is 5. The Morgan fingerprint density at radius 3 is 2.62 bits per heavy atom. The normalized spacial score (nSPS) is 40.4. The summed E-state index contributed by atoms with van der Waals surface area (Å²) in [5.41, 5.74) is 4.42. The van der Waals surface area contributed by atoms with Crippen LogP contribution < -0.4 is 11.3 Å². The predicted molar refractivity (Wildman–Crippen MR) is 153 cm³/mol. The number of rotatable bonds is 3. The monoisotopic (exact) mass is 699 g/mol. The SMILES string of the molecule is Cc1nc2c(ncn2[C@@H]2O[C@@H]3COP(=O)(O)O[C@H]4[C@H](F)[C@H](n5cnc6c(N)ncnc65)[C@H]5CC54COP(=O)(O)O[C@@H]2[C@@H]3CO)c(=O)[nH]1.